The lowest BCUT2D eigenvalue weighted by molar-refractivity contribution is -0.159. The maximum absolute atomic E-state index is 12.8. The molecule has 1 amide bonds. The van der Waals surface area contributed by atoms with Crippen molar-refractivity contribution in [1.29, 1.82) is 0 Å². The average molecular weight is 498 g/mol. The second kappa shape index (κ2) is 11.8. The van der Waals surface area contributed by atoms with Crippen LogP contribution >= 0.6 is 11.6 Å². The van der Waals surface area contributed by atoms with Crippen LogP contribution in [0.15, 0.2) is 53.4 Å². The number of carbonyl (C=O) groups is 3. The van der Waals surface area contributed by atoms with Crippen LogP contribution in [0, 0.1) is 0 Å². The molecule has 1 heterocycles. The van der Waals surface area contributed by atoms with E-state index < -0.39 is 22.0 Å². The summed E-state index contributed by atoms with van der Waals surface area (Å²) in [4.78, 5) is 31.7. The zero-order chi connectivity index (χ0) is 24.6. The first-order chi connectivity index (χ1) is 15.5. The Bertz CT molecular complexity index is 1090. The summed E-state index contributed by atoms with van der Waals surface area (Å²) in [6, 6.07) is 14.0. The fraction of sp³-hybridized carbons (Fsp3) is 0.286. The third-order valence-corrected chi connectivity index (χ3v) is 6.77. The van der Waals surface area contributed by atoms with Crippen molar-refractivity contribution in [2.45, 2.75) is 18.4 Å². The summed E-state index contributed by atoms with van der Waals surface area (Å²) in [6.45, 7) is 4.37. The number of nitrogens with zero attached hydrogens (tertiary/aromatic N) is 2. The molecule has 1 aliphatic heterocycles. The summed E-state index contributed by atoms with van der Waals surface area (Å²) in [6.07, 6.45) is 0. The van der Waals surface area contributed by atoms with Crippen molar-refractivity contribution >= 4 is 45.2 Å². The van der Waals surface area contributed by atoms with Crippen molar-refractivity contribution in [2.24, 2.45) is 0 Å². The molecule has 3 rings (SSSR count). The number of anilines is 1. The SMILES string of the molecule is CC(=O)Nc1ccc(S(=O)(=O)N2CCN(Cc3cccc(Cl)c3)CC2)cc1.O=C(O)C(=O)O. The minimum atomic E-state index is -3.54. The molecule has 0 atom stereocenters. The Morgan fingerprint density at radius 3 is 2.03 bits per heavy atom. The number of carboxylic acids is 2. The smallest absolute Gasteiger partial charge is 0.414 e. The van der Waals surface area contributed by atoms with Gasteiger partial charge >= 0.3 is 11.9 Å². The van der Waals surface area contributed by atoms with Crippen LogP contribution in [-0.2, 0) is 31.0 Å². The van der Waals surface area contributed by atoms with Gasteiger partial charge in [-0.1, -0.05) is 23.7 Å². The van der Waals surface area contributed by atoms with Gasteiger partial charge in [0.2, 0.25) is 15.9 Å². The van der Waals surface area contributed by atoms with Crippen LogP contribution in [0.3, 0.4) is 0 Å². The zero-order valence-electron chi connectivity index (χ0n) is 17.8. The molecule has 2 aromatic carbocycles. The highest BCUT2D eigenvalue weighted by atomic mass is 35.5. The molecule has 0 bridgehead atoms. The number of halogens is 1. The Hall–Kier alpha value is -2.99. The number of piperazine rings is 1. The molecular formula is C21H24ClN3O7S. The lowest BCUT2D eigenvalue weighted by Gasteiger charge is -2.34. The van der Waals surface area contributed by atoms with E-state index in [9.17, 15) is 13.2 Å². The summed E-state index contributed by atoms with van der Waals surface area (Å²) < 4.78 is 27.2. The monoisotopic (exact) mass is 497 g/mol. The molecule has 2 aromatic rings. The Kier molecular flexibility index (Phi) is 9.35. The Labute approximate surface area is 196 Å². The van der Waals surface area contributed by atoms with Gasteiger partial charge in [0.05, 0.1) is 4.90 Å². The van der Waals surface area contributed by atoms with E-state index in [-0.39, 0.29) is 10.8 Å². The maximum atomic E-state index is 12.8. The molecule has 1 fully saturated rings. The van der Waals surface area contributed by atoms with Crippen LogP contribution in [0.2, 0.25) is 5.02 Å². The van der Waals surface area contributed by atoms with Gasteiger partial charge in [-0.15, -0.1) is 0 Å². The Morgan fingerprint density at radius 2 is 1.55 bits per heavy atom. The quantitative estimate of drug-likeness (QED) is 0.532. The van der Waals surface area contributed by atoms with E-state index in [1.165, 1.54) is 23.4 Å². The lowest BCUT2D eigenvalue weighted by atomic mass is 10.2. The van der Waals surface area contributed by atoms with Gasteiger partial charge in [-0.25, -0.2) is 18.0 Å². The van der Waals surface area contributed by atoms with Gasteiger partial charge in [0.15, 0.2) is 0 Å². The van der Waals surface area contributed by atoms with E-state index in [1.807, 2.05) is 24.3 Å². The van der Waals surface area contributed by atoms with Gasteiger partial charge in [-0.3, -0.25) is 9.69 Å². The minimum Gasteiger partial charge on any atom is -0.473 e. The first-order valence-electron chi connectivity index (χ1n) is 9.80. The number of carbonyl (C=O) groups excluding carboxylic acids is 1. The van der Waals surface area contributed by atoms with E-state index in [0.717, 1.165) is 12.1 Å². The minimum absolute atomic E-state index is 0.193. The van der Waals surface area contributed by atoms with Crippen LogP contribution in [0.1, 0.15) is 12.5 Å². The molecule has 3 N–H and O–H groups in total. The highest BCUT2D eigenvalue weighted by molar-refractivity contribution is 7.89. The Balaban J connectivity index is 0.000000569. The summed E-state index contributed by atoms with van der Waals surface area (Å²) >= 11 is 6.02. The van der Waals surface area contributed by atoms with E-state index in [4.69, 9.17) is 31.4 Å². The van der Waals surface area contributed by atoms with Crippen LogP contribution in [-0.4, -0.2) is 71.9 Å². The normalized spacial score (nSPS) is 14.6. The first kappa shape index (κ1) is 26.3. The molecule has 0 saturated carbocycles. The number of carboxylic acid groups (broad SMARTS) is 2. The van der Waals surface area contributed by atoms with Crippen molar-refractivity contribution in [2.75, 3.05) is 31.5 Å². The molecule has 12 heteroatoms. The van der Waals surface area contributed by atoms with Crippen molar-refractivity contribution in [1.82, 2.24) is 9.21 Å². The summed E-state index contributed by atoms with van der Waals surface area (Å²) in [5.74, 6) is -3.84. The van der Waals surface area contributed by atoms with Gasteiger partial charge in [-0.05, 0) is 42.0 Å². The molecule has 0 aromatic heterocycles. The molecule has 1 aliphatic rings. The summed E-state index contributed by atoms with van der Waals surface area (Å²) in [5.41, 5.74) is 1.69. The standard InChI is InChI=1S/C19H22ClN3O3S.C2H2O4/c1-15(24)21-18-5-7-19(8-6-18)27(25,26)23-11-9-22(10-12-23)14-16-3-2-4-17(20)13-16;3-1(4)2(5)6/h2-8,13H,9-12,14H2,1H3,(H,21,24);(H,3,4)(H,5,6). The van der Waals surface area contributed by atoms with Crippen LogP contribution < -0.4 is 5.32 Å². The lowest BCUT2D eigenvalue weighted by Crippen LogP contribution is -2.48. The second-order valence-corrected chi connectivity index (χ2v) is 9.50. The van der Waals surface area contributed by atoms with Gasteiger partial charge < -0.3 is 15.5 Å². The number of sulfonamides is 1. The number of hydrogen-bond acceptors (Lipinski definition) is 6. The number of benzene rings is 2. The fourth-order valence-electron chi connectivity index (χ4n) is 3.08. The second-order valence-electron chi connectivity index (χ2n) is 7.13. The van der Waals surface area contributed by atoms with Crippen LogP contribution in [0.5, 0.6) is 0 Å². The molecule has 0 unspecified atom stereocenters. The maximum Gasteiger partial charge on any atom is 0.414 e. The number of rotatable bonds is 5. The number of aliphatic carboxylic acids is 2. The number of amides is 1. The zero-order valence-corrected chi connectivity index (χ0v) is 19.3. The topological polar surface area (TPSA) is 144 Å². The third-order valence-electron chi connectivity index (χ3n) is 4.62. The van der Waals surface area contributed by atoms with E-state index in [1.54, 1.807) is 12.1 Å². The fourth-order valence-corrected chi connectivity index (χ4v) is 4.72. The van der Waals surface area contributed by atoms with Crippen molar-refractivity contribution in [3.8, 4) is 0 Å². The summed E-state index contributed by atoms with van der Waals surface area (Å²) in [7, 11) is -3.54. The largest absolute Gasteiger partial charge is 0.473 e. The molecule has 0 radical (unpaired) electrons. The number of hydrogen-bond donors (Lipinski definition) is 3. The van der Waals surface area contributed by atoms with E-state index in [0.29, 0.717) is 36.9 Å². The van der Waals surface area contributed by atoms with Gasteiger partial charge in [0, 0.05) is 50.4 Å². The highest BCUT2D eigenvalue weighted by Crippen LogP contribution is 2.21. The van der Waals surface area contributed by atoms with Crippen molar-refractivity contribution in [3.05, 3.63) is 59.1 Å². The van der Waals surface area contributed by atoms with Crippen molar-refractivity contribution < 1.29 is 33.0 Å². The average Bonchev–Trinajstić information content (AvgIpc) is 2.74. The van der Waals surface area contributed by atoms with Crippen LogP contribution in [0.25, 0.3) is 0 Å². The van der Waals surface area contributed by atoms with E-state index in [2.05, 4.69) is 10.2 Å². The van der Waals surface area contributed by atoms with Crippen LogP contribution in [0.4, 0.5) is 5.69 Å². The number of nitrogens with one attached hydrogen (secondary N) is 1. The predicted molar refractivity (Wildman–Crippen MR) is 122 cm³/mol. The molecule has 178 valence electrons. The first-order valence-corrected chi connectivity index (χ1v) is 11.6. The molecular weight excluding hydrogens is 474 g/mol. The van der Waals surface area contributed by atoms with E-state index >= 15 is 0 Å². The molecule has 0 aliphatic carbocycles. The van der Waals surface area contributed by atoms with Crippen molar-refractivity contribution in [3.63, 3.8) is 0 Å². The molecule has 33 heavy (non-hydrogen) atoms. The Morgan fingerprint density at radius 1 is 0.970 bits per heavy atom. The predicted octanol–water partition coefficient (Wildman–Crippen LogP) is 1.96. The summed E-state index contributed by atoms with van der Waals surface area (Å²) in [5, 5.41) is 18.1. The third kappa shape index (κ3) is 8.13. The van der Waals surface area contributed by atoms with Gasteiger partial charge in [0.25, 0.3) is 0 Å². The molecule has 1 saturated heterocycles. The highest BCUT2D eigenvalue weighted by Gasteiger charge is 2.28. The van der Waals surface area contributed by atoms with Gasteiger partial charge in [-0.2, -0.15) is 4.31 Å². The molecule has 0 spiro atoms. The van der Waals surface area contributed by atoms with Gasteiger partial charge in [0.1, 0.15) is 0 Å². The molecule has 10 nitrogen and oxygen atoms in total.